The molecule has 1 aromatic rings. The third-order valence-electron chi connectivity index (χ3n) is 3.60. The molecule has 116 valence electrons. The Morgan fingerprint density at radius 2 is 2.10 bits per heavy atom. The van der Waals surface area contributed by atoms with Crippen molar-refractivity contribution in [3.8, 4) is 0 Å². The first kappa shape index (κ1) is 15.5. The number of rotatable bonds is 3. The molecule has 1 atom stereocenters. The average molecular weight is 294 g/mol. The van der Waals surface area contributed by atoms with Crippen LogP contribution in [0.4, 0.5) is 0 Å². The summed E-state index contributed by atoms with van der Waals surface area (Å²) in [4.78, 5) is 27.8. The molecule has 7 nitrogen and oxygen atoms in total. The summed E-state index contributed by atoms with van der Waals surface area (Å²) in [5.74, 6) is 0.542. The molecule has 0 radical (unpaired) electrons. The van der Waals surface area contributed by atoms with E-state index in [1.54, 1.807) is 18.9 Å². The highest BCUT2D eigenvalue weighted by atomic mass is 16.4. The summed E-state index contributed by atoms with van der Waals surface area (Å²) in [6.07, 6.45) is 0.267. The molecular weight excluding hydrogens is 272 g/mol. The van der Waals surface area contributed by atoms with Gasteiger partial charge in [0.1, 0.15) is 0 Å². The molecule has 0 aromatic carbocycles. The molecule has 0 spiro atoms. The van der Waals surface area contributed by atoms with Gasteiger partial charge in [-0.3, -0.25) is 9.59 Å². The molecule has 1 fully saturated rings. The van der Waals surface area contributed by atoms with Crippen LogP contribution in [0.5, 0.6) is 0 Å². The van der Waals surface area contributed by atoms with E-state index in [9.17, 15) is 9.59 Å². The molecule has 2 rings (SSSR count). The molecule has 0 N–H and O–H groups in total. The number of carbonyl (C=O) groups excluding carboxylic acids is 2. The first-order chi connectivity index (χ1) is 9.68. The fraction of sp³-hybridized carbons (Fsp3) is 0.714. The van der Waals surface area contributed by atoms with Crippen molar-refractivity contribution in [3.05, 3.63) is 11.8 Å². The average Bonchev–Trinajstić information content (AvgIpc) is 2.94. The lowest BCUT2D eigenvalue weighted by atomic mass is 10.1. The zero-order valence-electron chi connectivity index (χ0n) is 13.2. The van der Waals surface area contributed by atoms with Gasteiger partial charge in [-0.15, -0.1) is 10.2 Å². The Morgan fingerprint density at radius 3 is 2.57 bits per heavy atom. The largest absolute Gasteiger partial charge is 0.424 e. The number of carbonyl (C=O) groups is 2. The topological polar surface area (TPSA) is 79.5 Å². The molecule has 0 bridgehead atoms. The Labute approximate surface area is 124 Å². The quantitative estimate of drug-likeness (QED) is 0.830. The molecule has 0 aliphatic carbocycles. The van der Waals surface area contributed by atoms with E-state index in [0.29, 0.717) is 18.3 Å². The zero-order chi connectivity index (χ0) is 15.8. The van der Waals surface area contributed by atoms with Gasteiger partial charge in [0.05, 0.1) is 12.5 Å². The van der Waals surface area contributed by atoms with Crippen LogP contribution in [0.2, 0.25) is 0 Å². The van der Waals surface area contributed by atoms with Gasteiger partial charge in [0.25, 0.3) is 0 Å². The number of likely N-dealkylation sites (tertiary alicyclic amines) is 1. The van der Waals surface area contributed by atoms with Crippen molar-refractivity contribution in [3.63, 3.8) is 0 Å². The van der Waals surface area contributed by atoms with Gasteiger partial charge < -0.3 is 14.2 Å². The monoisotopic (exact) mass is 294 g/mol. The predicted molar refractivity (Wildman–Crippen MR) is 75.1 cm³/mol. The van der Waals surface area contributed by atoms with E-state index in [0.717, 1.165) is 0 Å². The number of amides is 2. The number of nitrogens with zero attached hydrogens (tertiary/aromatic N) is 4. The fourth-order valence-corrected chi connectivity index (χ4v) is 2.51. The van der Waals surface area contributed by atoms with Gasteiger partial charge >= 0.3 is 0 Å². The molecular formula is C14H22N4O3. The summed E-state index contributed by atoms with van der Waals surface area (Å²) in [5, 5.41) is 7.61. The van der Waals surface area contributed by atoms with E-state index in [1.165, 1.54) is 4.90 Å². The van der Waals surface area contributed by atoms with E-state index in [-0.39, 0.29) is 36.2 Å². The highest BCUT2D eigenvalue weighted by molar-refractivity contribution is 5.89. The van der Waals surface area contributed by atoms with Crippen molar-refractivity contribution < 1.29 is 14.0 Å². The second kappa shape index (κ2) is 5.46. The second-order valence-electron chi connectivity index (χ2n) is 6.49. The Hall–Kier alpha value is -1.92. The molecule has 1 saturated heterocycles. The van der Waals surface area contributed by atoms with Crippen LogP contribution in [-0.4, -0.2) is 50.9 Å². The minimum absolute atomic E-state index is 0.0304. The number of aryl methyl sites for hydroxylation is 1. The molecule has 7 heteroatoms. The van der Waals surface area contributed by atoms with E-state index in [2.05, 4.69) is 10.2 Å². The summed E-state index contributed by atoms with van der Waals surface area (Å²) < 4.78 is 5.27. The summed E-state index contributed by atoms with van der Waals surface area (Å²) in [5.41, 5.74) is -0.256. The van der Waals surface area contributed by atoms with Crippen LogP contribution in [0.25, 0.3) is 0 Å². The van der Waals surface area contributed by atoms with Crippen molar-refractivity contribution >= 4 is 11.8 Å². The summed E-state index contributed by atoms with van der Waals surface area (Å²) in [6.45, 7) is 8.36. The van der Waals surface area contributed by atoms with Crippen LogP contribution < -0.4 is 0 Å². The summed E-state index contributed by atoms with van der Waals surface area (Å²) in [7, 11) is 1.69. The normalized spacial score (nSPS) is 19.2. The lowest BCUT2D eigenvalue weighted by Gasteiger charge is -2.32. The zero-order valence-corrected chi connectivity index (χ0v) is 13.2. The maximum Gasteiger partial charge on any atom is 0.235 e. The highest BCUT2D eigenvalue weighted by Crippen LogP contribution is 2.27. The van der Waals surface area contributed by atoms with Gasteiger partial charge in [0.15, 0.2) is 0 Å². The fourth-order valence-electron chi connectivity index (χ4n) is 2.51. The van der Waals surface area contributed by atoms with Gasteiger partial charge in [-0.1, -0.05) is 0 Å². The SMILES string of the molecule is Cc1nnc(CN(C)C(=O)C2CC(=O)N(C(C)(C)C)C2)o1. The molecule has 1 aliphatic heterocycles. The van der Waals surface area contributed by atoms with Crippen molar-refractivity contribution in [2.75, 3.05) is 13.6 Å². The molecule has 1 aliphatic rings. The first-order valence-corrected chi connectivity index (χ1v) is 7.03. The van der Waals surface area contributed by atoms with E-state index in [4.69, 9.17) is 4.42 Å². The number of aromatic nitrogens is 2. The van der Waals surface area contributed by atoms with Gasteiger partial charge in [-0.2, -0.15) is 0 Å². The third kappa shape index (κ3) is 3.40. The van der Waals surface area contributed by atoms with Crippen molar-refractivity contribution in [1.29, 1.82) is 0 Å². The minimum Gasteiger partial charge on any atom is -0.424 e. The highest BCUT2D eigenvalue weighted by Gasteiger charge is 2.40. The van der Waals surface area contributed by atoms with Gasteiger partial charge in [0, 0.05) is 32.5 Å². The summed E-state index contributed by atoms with van der Waals surface area (Å²) >= 11 is 0. The standard InChI is InChI=1S/C14H22N4O3/c1-9-15-16-11(21-9)8-17(5)13(20)10-6-12(19)18(7-10)14(2,3)4/h10H,6-8H2,1-5H3. The van der Waals surface area contributed by atoms with Crippen LogP contribution in [0.15, 0.2) is 4.42 Å². The minimum atomic E-state index is -0.300. The van der Waals surface area contributed by atoms with Crippen LogP contribution in [-0.2, 0) is 16.1 Å². The number of hydrogen-bond acceptors (Lipinski definition) is 5. The van der Waals surface area contributed by atoms with Gasteiger partial charge in [-0.05, 0) is 20.8 Å². The first-order valence-electron chi connectivity index (χ1n) is 7.03. The molecule has 0 saturated carbocycles. The second-order valence-corrected chi connectivity index (χ2v) is 6.49. The summed E-state index contributed by atoms with van der Waals surface area (Å²) in [6, 6.07) is 0. The maximum atomic E-state index is 12.4. The Morgan fingerprint density at radius 1 is 1.43 bits per heavy atom. The lowest BCUT2D eigenvalue weighted by Crippen LogP contribution is -2.43. The van der Waals surface area contributed by atoms with Crippen LogP contribution in [0.3, 0.4) is 0 Å². The van der Waals surface area contributed by atoms with Crippen molar-refractivity contribution in [2.24, 2.45) is 5.92 Å². The smallest absolute Gasteiger partial charge is 0.235 e. The molecule has 2 amide bonds. The Kier molecular flexibility index (Phi) is 4.02. The molecule has 21 heavy (non-hydrogen) atoms. The molecule has 1 aromatic heterocycles. The van der Waals surface area contributed by atoms with Gasteiger partial charge in [0.2, 0.25) is 23.6 Å². The van der Waals surface area contributed by atoms with Gasteiger partial charge in [-0.25, -0.2) is 0 Å². The van der Waals surface area contributed by atoms with Crippen molar-refractivity contribution in [1.82, 2.24) is 20.0 Å². The maximum absolute atomic E-state index is 12.4. The lowest BCUT2D eigenvalue weighted by molar-refractivity contribution is -0.135. The molecule has 2 heterocycles. The van der Waals surface area contributed by atoms with Crippen LogP contribution in [0.1, 0.15) is 39.0 Å². The third-order valence-corrected chi connectivity index (χ3v) is 3.60. The predicted octanol–water partition coefficient (Wildman–Crippen LogP) is 0.983. The van der Waals surface area contributed by atoms with E-state index >= 15 is 0 Å². The molecule has 1 unspecified atom stereocenters. The Balaban J connectivity index is 1.99. The number of hydrogen-bond donors (Lipinski definition) is 0. The van der Waals surface area contributed by atoms with E-state index < -0.39 is 0 Å². The van der Waals surface area contributed by atoms with E-state index in [1.807, 2.05) is 20.8 Å². The van der Waals surface area contributed by atoms with Crippen LogP contribution in [0, 0.1) is 12.8 Å². The van der Waals surface area contributed by atoms with Crippen molar-refractivity contribution in [2.45, 2.75) is 46.2 Å². The van der Waals surface area contributed by atoms with Crippen LogP contribution >= 0.6 is 0 Å². The Bertz CT molecular complexity index is 547.